The third-order valence-electron chi connectivity index (χ3n) is 12.1. The van der Waals surface area contributed by atoms with Crippen LogP contribution in [0.3, 0.4) is 0 Å². The zero-order valence-electron chi connectivity index (χ0n) is 38.5. The van der Waals surface area contributed by atoms with Crippen LogP contribution < -0.4 is 5.32 Å². The fourth-order valence-electron chi connectivity index (χ4n) is 8.10. The number of aliphatic hydroxyl groups excluding tert-OH is 3. The first kappa shape index (κ1) is 55.8. The number of hydrogen-bond acceptors (Lipinski definition) is 4. The maximum atomic E-state index is 12.5. The summed E-state index contributed by atoms with van der Waals surface area (Å²) in [4.78, 5) is 12.5. The molecule has 0 bridgehead atoms. The molecular weight excluding hydrogens is 703 g/mol. The molecule has 1 amide bonds. The highest BCUT2D eigenvalue weighted by Gasteiger charge is 2.26. The number of nitrogens with one attached hydrogen (secondary N) is 1. The summed E-state index contributed by atoms with van der Waals surface area (Å²) in [5, 5.41) is 33.7. The van der Waals surface area contributed by atoms with Crippen molar-refractivity contribution < 1.29 is 20.1 Å². The molecule has 0 aliphatic heterocycles. The molecule has 338 valence electrons. The van der Waals surface area contributed by atoms with E-state index in [1.165, 1.54) is 212 Å². The number of carbonyl (C=O) groups is 1. The van der Waals surface area contributed by atoms with Crippen molar-refractivity contribution in [2.45, 2.75) is 295 Å². The van der Waals surface area contributed by atoms with Crippen LogP contribution in [0.2, 0.25) is 0 Å². The van der Waals surface area contributed by atoms with Gasteiger partial charge in [-0.15, -0.1) is 0 Å². The molecule has 0 heterocycles. The Morgan fingerprint density at radius 3 is 1.11 bits per heavy atom. The lowest BCUT2D eigenvalue weighted by molar-refractivity contribution is -0.124. The molecule has 0 rings (SSSR count). The summed E-state index contributed by atoms with van der Waals surface area (Å²) in [6.07, 6.45) is 58.8. The smallest absolute Gasteiger partial charge is 0.220 e. The second-order valence-electron chi connectivity index (χ2n) is 17.8. The van der Waals surface area contributed by atoms with Gasteiger partial charge in [0.1, 0.15) is 6.10 Å². The normalized spacial score (nSPS) is 13.6. The van der Waals surface area contributed by atoms with Crippen LogP contribution in [0.4, 0.5) is 0 Å². The molecule has 0 spiro atoms. The lowest BCUT2D eigenvalue weighted by Gasteiger charge is -2.26. The van der Waals surface area contributed by atoms with Crippen LogP contribution in [-0.4, -0.2) is 46.1 Å². The molecule has 0 aliphatic rings. The van der Waals surface area contributed by atoms with Crippen molar-refractivity contribution in [1.82, 2.24) is 5.32 Å². The largest absolute Gasteiger partial charge is 0.394 e. The highest BCUT2D eigenvalue weighted by Crippen LogP contribution is 2.17. The molecule has 0 aromatic rings. The summed E-state index contributed by atoms with van der Waals surface area (Å²) in [6, 6.07) is -0.810. The molecular formula is C52H101NO4. The molecule has 0 saturated carbocycles. The van der Waals surface area contributed by atoms with Crippen molar-refractivity contribution in [3.8, 4) is 0 Å². The topological polar surface area (TPSA) is 89.8 Å². The van der Waals surface area contributed by atoms with Crippen molar-refractivity contribution in [3.63, 3.8) is 0 Å². The highest BCUT2D eigenvalue weighted by atomic mass is 16.3. The van der Waals surface area contributed by atoms with E-state index in [-0.39, 0.29) is 12.5 Å². The van der Waals surface area contributed by atoms with Crippen LogP contribution in [0.25, 0.3) is 0 Å². The minimum atomic E-state index is -1.14. The molecule has 5 nitrogen and oxygen atoms in total. The first-order valence-electron chi connectivity index (χ1n) is 25.6. The standard InChI is InChI=1S/C52H101NO4/c1-3-5-7-9-11-13-15-17-19-21-23-24-25-26-27-29-30-32-34-36-38-40-42-44-46-50(55)52(57)49(48-54)53-51(56)47-45-43-41-39-37-35-33-31-28-22-20-18-16-14-12-10-8-6-4-2/h12,14,16,18,49-50,52,54-55,57H,3-11,13,15,17,19-48H2,1-2H3,(H,53,56)/b14-12-,18-16-. The second kappa shape index (κ2) is 47.5. The fourth-order valence-corrected chi connectivity index (χ4v) is 8.10. The van der Waals surface area contributed by atoms with E-state index in [0.29, 0.717) is 12.8 Å². The van der Waals surface area contributed by atoms with Crippen molar-refractivity contribution in [1.29, 1.82) is 0 Å². The molecule has 57 heavy (non-hydrogen) atoms. The summed E-state index contributed by atoms with van der Waals surface area (Å²) >= 11 is 0. The number of allylic oxidation sites excluding steroid dienone is 4. The molecule has 3 atom stereocenters. The second-order valence-corrected chi connectivity index (χ2v) is 17.8. The van der Waals surface area contributed by atoms with Gasteiger partial charge < -0.3 is 20.6 Å². The van der Waals surface area contributed by atoms with Gasteiger partial charge in [-0.05, 0) is 38.5 Å². The average Bonchev–Trinajstić information content (AvgIpc) is 3.22. The zero-order valence-corrected chi connectivity index (χ0v) is 38.5. The predicted molar refractivity (Wildman–Crippen MR) is 250 cm³/mol. The van der Waals surface area contributed by atoms with Crippen LogP contribution in [0.15, 0.2) is 24.3 Å². The van der Waals surface area contributed by atoms with Gasteiger partial charge >= 0.3 is 0 Å². The number of hydrogen-bond donors (Lipinski definition) is 4. The molecule has 5 heteroatoms. The van der Waals surface area contributed by atoms with E-state index in [1.54, 1.807) is 0 Å². The van der Waals surface area contributed by atoms with E-state index in [9.17, 15) is 20.1 Å². The maximum absolute atomic E-state index is 12.5. The Balaban J connectivity index is 3.55. The maximum Gasteiger partial charge on any atom is 0.220 e. The summed E-state index contributed by atoms with van der Waals surface area (Å²) in [5.41, 5.74) is 0. The molecule has 0 aromatic carbocycles. The first-order valence-corrected chi connectivity index (χ1v) is 25.6. The van der Waals surface area contributed by atoms with E-state index >= 15 is 0 Å². The highest BCUT2D eigenvalue weighted by molar-refractivity contribution is 5.76. The Morgan fingerprint density at radius 2 is 0.737 bits per heavy atom. The minimum absolute atomic E-state index is 0.145. The number of unbranched alkanes of at least 4 members (excludes halogenated alkanes) is 36. The lowest BCUT2D eigenvalue weighted by atomic mass is 9.99. The summed E-state index contributed by atoms with van der Waals surface area (Å²) in [6.45, 7) is 4.18. The third-order valence-corrected chi connectivity index (χ3v) is 12.1. The summed E-state index contributed by atoms with van der Waals surface area (Å²) in [5.74, 6) is -0.145. The van der Waals surface area contributed by atoms with Crippen molar-refractivity contribution >= 4 is 5.91 Å². The Kier molecular flexibility index (Phi) is 46.5. The van der Waals surface area contributed by atoms with Gasteiger partial charge in [-0.2, -0.15) is 0 Å². The van der Waals surface area contributed by atoms with Crippen molar-refractivity contribution in [2.75, 3.05) is 6.61 Å². The van der Waals surface area contributed by atoms with Gasteiger partial charge in [-0.3, -0.25) is 4.79 Å². The Bertz CT molecular complexity index is 844. The van der Waals surface area contributed by atoms with Crippen molar-refractivity contribution in [2.24, 2.45) is 0 Å². The number of carbonyl (C=O) groups excluding carboxylic acids is 1. The van der Waals surface area contributed by atoms with Gasteiger partial charge in [0.05, 0.1) is 18.8 Å². The van der Waals surface area contributed by atoms with Crippen LogP contribution >= 0.6 is 0 Å². The molecule has 0 aromatic heterocycles. The Labute approximate surface area is 356 Å². The van der Waals surface area contributed by atoms with Crippen LogP contribution in [-0.2, 0) is 4.79 Å². The van der Waals surface area contributed by atoms with Crippen LogP contribution in [0, 0.1) is 0 Å². The molecule has 0 aliphatic carbocycles. The monoisotopic (exact) mass is 804 g/mol. The van der Waals surface area contributed by atoms with Gasteiger partial charge in [0.15, 0.2) is 0 Å². The predicted octanol–water partition coefficient (Wildman–Crippen LogP) is 15.3. The van der Waals surface area contributed by atoms with E-state index in [2.05, 4.69) is 43.5 Å². The quantitative estimate of drug-likeness (QED) is 0.0364. The van der Waals surface area contributed by atoms with Crippen LogP contribution in [0.5, 0.6) is 0 Å². The van der Waals surface area contributed by atoms with Gasteiger partial charge in [0, 0.05) is 6.42 Å². The Morgan fingerprint density at radius 1 is 0.439 bits per heavy atom. The van der Waals surface area contributed by atoms with E-state index in [4.69, 9.17) is 0 Å². The minimum Gasteiger partial charge on any atom is -0.394 e. The van der Waals surface area contributed by atoms with Crippen LogP contribution in [0.1, 0.15) is 277 Å². The molecule has 0 saturated heterocycles. The zero-order chi connectivity index (χ0) is 41.5. The van der Waals surface area contributed by atoms with E-state index in [0.717, 1.165) is 38.5 Å². The lowest BCUT2D eigenvalue weighted by Crippen LogP contribution is -2.50. The molecule has 0 fully saturated rings. The van der Waals surface area contributed by atoms with E-state index < -0.39 is 18.2 Å². The average molecular weight is 804 g/mol. The first-order chi connectivity index (χ1) is 28.1. The van der Waals surface area contributed by atoms with Gasteiger partial charge in [0.2, 0.25) is 5.91 Å². The van der Waals surface area contributed by atoms with Gasteiger partial charge in [-0.1, -0.05) is 256 Å². The number of amides is 1. The van der Waals surface area contributed by atoms with Gasteiger partial charge in [0.25, 0.3) is 0 Å². The summed E-state index contributed by atoms with van der Waals surface area (Å²) in [7, 11) is 0. The molecule has 3 unspecified atom stereocenters. The van der Waals surface area contributed by atoms with Crippen molar-refractivity contribution in [3.05, 3.63) is 24.3 Å². The number of aliphatic hydroxyl groups is 3. The fraction of sp³-hybridized carbons (Fsp3) is 0.904. The Hall–Kier alpha value is -1.17. The van der Waals surface area contributed by atoms with Gasteiger partial charge in [-0.25, -0.2) is 0 Å². The molecule has 0 radical (unpaired) electrons. The number of rotatable bonds is 47. The summed E-state index contributed by atoms with van der Waals surface area (Å²) < 4.78 is 0. The third kappa shape index (κ3) is 42.8. The molecule has 4 N–H and O–H groups in total. The van der Waals surface area contributed by atoms with E-state index in [1.807, 2.05) is 0 Å². The SMILES string of the molecule is CCCCC/C=C\C=C/CCCCCCCCCCCCC(=O)NC(CO)C(O)C(O)CCCCCCCCCCCCCCCCCCCCCCCCCC.